The van der Waals surface area contributed by atoms with Crippen LogP contribution in [-0.2, 0) is 12.8 Å². The molecule has 178 valence electrons. The first-order valence-corrected chi connectivity index (χ1v) is 11.5. The smallest absolute Gasteiger partial charge is 0.417 e. The normalized spacial score (nSPS) is 12.9. The number of carbonyl (C=O) groups excluding carboxylic acids is 1. The molecule has 0 saturated carbocycles. The van der Waals surface area contributed by atoms with Crippen LogP contribution in [0.2, 0.25) is 0 Å². The number of nitrogens with one attached hydrogen (secondary N) is 3. The molecule has 9 heteroatoms. The zero-order chi connectivity index (χ0) is 24.5. The van der Waals surface area contributed by atoms with Crippen LogP contribution in [0.1, 0.15) is 21.5 Å². The second kappa shape index (κ2) is 9.03. The van der Waals surface area contributed by atoms with Crippen molar-refractivity contribution in [2.75, 3.05) is 10.6 Å². The summed E-state index contributed by atoms with van der Waals surface area (Å²) >= 11 is 0. The number of hydrogen-bond acceptors (Lipinski definition) is 7. The predicted molar refractivity (Wildman–Crippen MR) is 135 cm³/mol. The Labute approximate surface area is 205 Å². The van der Waals surface area contributed by atoms with E-state index in [9.17, 15) is 9.59 Å². The molecule has 0 fully saturated rings. The highest BCUT2D eigenvalue weighted by molar-refractivity contribution is 6.05. The number of oxazole rings is 1. The molecule has 0 radical (unpaired) electrons. The number of amides is 1. The zero-order valence-corrected chi connectivity index (χ0v) is 19.0. The molecule has 2 heterocycles. The van der Waals surface area contributed by atoms with Crippen LogP contribution < -0.4 is 21.1 Å². The Hall–Kier alpha value is -4.92. The highest BCUT2D eigenvalue weighted by Gasteiger charge is 2.21. The van der Waals surface area contributed by atoms with Gasteiger partial charge in [-0.15, -0.1) is 0 Å². The first-order valence-electron chi connectivity index (χ1n) is 11.5. The minimum atomic E-state index is -0.547. The Morgan fingerprint density at radius 3 is 2.64 bits per heavy atom. The fraction of sp³-hybridized carbons (Fsp3) is 0.111. The first kappa shape index (κ1) is 21.6. The van der Waals surface area contributed by atoms with Crippen molar-refractivity contribution >= 4 is 28.5 Å². The van der Waals surface area contributed by atoms with Gasteiger partial charge in [0.05, 0.1) is 5.52 Å². The third kappa shape index (κ3) is 4.54. The summed E-state index contributed by atoms with van der Waals surface area (Å²) < 4.78 is 11.0. The number of hydrogen-bond donors (Lipinski definition) is 3. The van der Waals surface area contributed by atoms with Crippen molar-refractivity contribution in [3.63, 3.8) is 0 Å². The predicted octanol–water partition coefficient (Wildman–Crippen LogP) is 4.54. The van der Waals surface area contributed by atoms with E-state index in [1.807, 2.05) is 0 Å². The third-order valence-electron chi connectivity index (χ3n) is 6.04. The number of nitrogens with zero attached hydrogens (tertiary/aromatic N) is 2. The molecule has 0 spiro atoms. The van der Waals surface area contributed by atoms with Crippen molar-refractivity contribution in [2.45, 2.75) is 18.9 Å². The summed E-state index contributed by atoms with van der Waals surface area (Å²) in [4.78, 5) is 35.2. The van der Waals surface area contributed by atoms with Gasteiger partial charge in [0, 0.05) is 29.4 Å². The lowest BCUT2D eigenvalue weighted by Gasteiger charge is -2.13. The Morgan fingerprint density at radius 1 is 0.972 bits per heavy atom. The van der Waals surface area contributed by atoms with Crippen LogP contribution >= 0.6 is 0 Å². The molecule has 0 aliphatic heterocycles. The molecule has 6 rings (SSSR count). The number of H-pyrrole nitrogens is 1. The van der Waals surface area contributed by atoms with Gasteiger partial charge in [0.2, 0.25) is 5.88 Å². The average molecular weight is 479 g/mol. The van der Waals surface area contributed by atoms with Gasteiger partial charge in [0.25, 0.3) is 5.91 Å². The fourth-order valence-corrected chi connectivity index (χ4v) is 4.39. The monoisotopic (exact) mass is 479 g/mol. The molecule has 5 aromatic rings. The van der Waals surface area contributed by atoms with Gasteiger partial charge in [-0.1, -0.05) is 30.3 Å². The zero-order valence-electron chi connectivity index (χ0n) is 19.0. The Balaban J connectivity index is 1.13. The van der Waals surface area contributed by atoms with E-state index in [2.05, 4.69) is 49.9 Å². The summed E-state index contributed by atoms with van der Waals surface area (Å²) in [6, 6.07) is 22.2. The number of anilines is 2. The summed E-state index contributed by atoms with van der Waals surface area (Å²) in [5.74, 6) is 0.637. The van der Waals surface area contributed by atoms with E-state index >= 15 is 0 Å². The van der Waals surface area contributed by atoms with Crippen LogP contribution in [0.15, 0.2) is 88.3 Å². The summed E-state index contributed by atoms with van der Waals surface area (Å²) in [6.45, 7) is 0. The molecule has 9 nitrogen and oxygen atoms in total. The van der Waals surface area contributed by atoms with Gasteiger partial charge in [-0.3, -0.25) is 9.78 Å². The number of ether oxygens (including phenoxy) is 1. The maximum atomic E-state index is 12.8. The largest absolute Gasteiger partial charge is 0.439 e. The topological polar surface area (TPSA) is 122 Å². The Morgan fingerprint density at radius 2 is 1.81 bits per heavy atom. The highest BCUT2D eigenvalue weighted by Crippen LogP contribution is 2.26. The number of fused-ring (bicyclic) bond motifs is 2. The van der Waals surface area contributed by atoms with Gasteiger partial charge in [0.15, 0.2) is 5.58 Å². The molecule has 3 aromatic carbocycles. The third-order valence-corrected chi connectivity index (χ3v) is 6.04. The number of benzene rings is 3. The van der Waals surface area contributed by atoms with E-state index in [4.69, 9.17) is 9.15 Å². The summed E-state index contributed by atoms with van der Waals surface area (Å²) in [7, 11) is 0. The lowest BCUT2D eigenvalue weighted by molar-refractivity contribution is 0.102. The second-order valence-corrected chi connectivity index (χ2v) is 8.57. The molecule has 2 aromatic heterocycles. The van der Waals surface area contributed by atoms with E-state index in [0.717, 1.165) is 12.8 Å². The van der Waals surface area contributed by atoms with Crippen LogP contribution in [-0.4, -0.2) is 26.9 Å². The molecule has 1 aliphatic rings. The molecule has 0 saturated heterocycles. The number of rotatable bonds is 6. The number of aromatic nitrogens is 3. The van der Waals surface area contributed by atoms with Crippen molar-refractivity contribution in [1.82, 2.24) is 15.0 Å². The second-order valence-electron chi connectivity index (χ2n) is 8.57. The molecule has 1 amide bonds. The van der Waals surface area contributed by atoms with E-state index in [0.29, 0.717) is 39.8 Å². The molecular formula is C27H21N5O4. The summed E-state index contributed by atoms with van der Waals surface area (Å²) in [5, 5.41) is 6.26. The van der Waals surface area contributed by atoms with Gasteiger partial charge in [0.1, 0.15) is 17.9 Å². The minimum Gasteiger partial charge on any atom is -0.439 e. The Bertz CT molecular complexity index is 1620. The molecule has 36 heavy (non-hydrogen) atoms. The molecule has 0 unspecified atom stereocenters. The minimum absolute atomic E-state index is 0.260. The lowest BCUT2D eigenvalue weighted by atomic mass is 10.1. The quantitative estimate of drug-likeness (QED) is 0.327. The molecule has 3 N–H and O–H groups in total. The first-order chi connectivity index (χ1) is 17.6. The standard InChI is InChI=1S/C27H21N5O4/c33-26(31-19-8-9-22-23(13-19)36-27(34)32-22)18-6-3-7-21(12-18)35-25-14-24(28-15-29-25)30-20-10-16-4-1-2-5-17(16)11-20/h1-9,12-15,20H,10-11H2,(H,31,33)(H,32,34)(H,28,29,30). The Kier molecular flexibility index (Phi) is 5.42. The van der Waals surface area contributed by atoms with Crippen molar-refractivity contribution in [2.24, 2.45) is 0 Å². The lowest BCUT2D eigenvalue weighted by Crippen LogP contribution is -2.20. The van der Waals surface area contributed by atoms with Crippen molar-refractivity contribution in [3.8, 4) is 11.6 Å². The highest BCUT2D eigenvalue weighted by atomic mass is 16.5. The van der Waals surface area contributed by atoms with Gasteiger partial charge in [-0.25, -0.2) is 14.8 Å². The molecule has 0 atom stereocenters. The van der Waals surface area contributed by atoms with E-state index < -0.39 is 5.76 Å². The van der Waals surface area contributed by atoms with Crippen LogP contribution in [0.5, 0.6) is 11.6 Å². The molecule has 1 aliphatic carbocycles. The SMILES string of the molecule is O=C(Nc1ccc2[nH]c(=O)oc2c1)c1cccc(Oc2cc(NC3Cc4ccccc4C3)ncn2)c1. The summed E-state index contributed by atoms with van der Waals surface area (Å²) in [6.07, 6.45) is 3.33. The maximum Gasteiger partial charge on any atom is 0.417 e. The van der Waals surface area contributed by atoms with Gasteiger partial charge < -0.3 is 19.8 Å². The van der Waals surface area contributed by atoms with Crippen molar-refractivity contribution in [3.05, 3.63) is 106 Å². The van der Waals surface area contributed by atoms with E-state index in [-0.39, 0.29) is 11.9 Å². The number of aromatic amines is 1. The fourth-order valence-electron chi connectivity index (χ4n) is 4.39. The molecule has 0 bridgehead atoms. The van der Waals surface area contributed by atoms with E-state index in [1.165, 1.54) is 17.5 Å². The van der Waals surface area contributed by atoms with Crippen molar-refractivity contribution < 1.29 is 13.9 Å². The van der Waals surface area contributed by atoms with Crippen LogP contribution in [0.3, 0.4) is 0 Å². The summed E-state index contributed by atoms with van der Waals surface area (Å²) in [5.41, 5.74) is 4.54. The van der Waals surface area contributed by atoms with Crippen molar-refractivity contribution in [1.29, 1.82) is 0 Å². The van der Waals surface area contributed by atoms with Gasteiger partial charge in [-0.2, -0.15) is 0 Å². The van der Waals surface area contributed by atoms with E-state index in [1.54, 1.807) is 48.5 Å². The number of carbonyl (C=O) groups is 1. The van der Waals surface area contributed by atoms with Crippen LogP contribution in [0.25, 0.3) is 11.1 Å². The van der Waals surface area contributed by atoms with Crippen LogP contribution in [0.4, 0.5) is 11.5 Å². The maximum absolute atomic E-state index is 12.8. The van der Waals surface area contributed by atoms with Gasteiger partial charge >= 0.3 is 5.76 Å². The van der Waals surface area contributed by atoms with Crippen LogP contribution in [0, 0.1) is 0 Å². The average Bonchev–Trinajstić information content (AvgIpc) is 3.45. The molecular weight excluding hydrogens is 458 g/mol. The van der Waals surface area contributed by atoms with Gasteiger partial charge in [-0.05, 0) is 54.3 Å².